The van der Waals surface area contributed by atoms with E-state index in [1.165, 1.54) is 184 Å². The minimum absolute atomic E-state index is 0. The van der Waals surface area contributed by atoms with Crippen LogP contribution >= 0.6 is 38.6 Å². The van der Waals surface area contributed by atoms with Crippen LogP contribution in [0, 0.1) is 69.0 Å². The van der Waals surface area contributed by atoms with E-state index in [-0.39, 0.29) is 54.2 Å². The number of halogens is 1. The lowest BCUT2D eigenvalue weighted by Crippen LogP contribution is -2.61. The Morgan fingerprint density at radius 3 is 1.32 bits per heavy atom. The smallest absolute Gasteiger partial charge is 0.167 e. The summed E-state index contributed by atoms with van der Waals surface area (Å²) in [5.74, 6) is 8.88. The third-order valence-electron chi connectivity index (χ3n) is 25.8. The van der Waals surface area contributed by atoms with Crippen LogP contribution in [0.25, 0.3) is 20.7 Å². The molecule has 0 radical (unpaired) electrons. The summed E-state index contributed by atoms with van der Waals surface area (Å²) in [5.41, 5.74) is 8.40. The van der Waals surface area contributed by atoms with Gasteiger partial charge in [0.05, 0.1) is 21.6 Å². The number of aromatic nitrogens is 1. The maximum Gasteiger partial charge on any atom is 0.167 e. The second-order valence-corrected chi connectivity index (χ2v) is 44.8. The molecular formula is C83H126BrN5O3S2Si. The molecular weight excluding hydrogens is 1290 g/mol. The van der Waals surface area contributed by atoms with Crippen molar-refractivity contribution < 1.29 is 14.7 Å². The zero-order chi connectivity index (χ0) is 62.1. The molecule has 95 heavy (non-hydrogen) atoms. The van der Waals surface area contributed by atoms with Gasteiger partial charge in [0.25, 0.3) is 0 Å². The first-order valence-electron chi connectivity index (χ1n) is 35.6. The maximum atomic E-state index is 9.95. The predicted molar refractivity (Wildman–Crippen MR) is 412 cm³/mol. The molecule has 22 rings (SSSR count). The van der Waals surface area contributed by atoms with Gasteiger partial charge >= 0.3 is 0 Å². The molecule has 3 aromatic heterocycles. The highest BCUT2D eigenvalue weighted by Gasteiger charge is 2.59. The van der Waals surface area contributed by atoms with E-state index in [0.717, 1.165) is 89.6 Å². The molecule has 12 heteroatoms. The summed E-state index contributed by atoms with van der Waals surface area (Å²) in [6.45, 7) is 21.0. The number of rotatable bonds is 14. The molecule has 8 unspecified atom stereocenters. The van der Waals surface area contributed by atoms with Crippen LogP contribution in [0.5, 0.6) is 11.5 Å². The third kappa shape index (κ3) is 16.1. The van der Waals surface area contributed by atoms with E-state index in [2.05, 4.69) is 144 Å². The number of nitrogens with one attached hydrogen (secondary N) is 4. The number of aromatic hydroxyl groups is 2. The van der Waals surface area contributed by atoms with Gasteiger partial charge in [-0.1, -0.05) is 155 Å². The number of phenolic OH excluding ortho intramolecular Hbond substituents is 2. The van der Waals surface area contributed by atoms with Crippen molar-refractivity contribution in [2.45, 2.75) is 287 Å². The molecule has 8 nitrogen and oxygen atoms in total. The standard InChI is InChI=1S/C21H26N2O.C21H33NSi.C18H22BrNS2.C18H25NO2.5CH4/c1-20-9-15-7-16(10-20)12-21(11-15,14-20)22-13-18-8-19(24-23-18)17-5-3-2-4-6-17;1-20-10-17-9-18(11-20)13-21(12-17,15-20)22-14-16-5-7-19(8-6-16)23(2,3)4;1-17-5-11-2-12(6-17)8-18(7-11,10-17)20-9-14-3-13-4-15(19)22-16(13)21-14;1-17-6-12-4-13(7-17)9-18(8-12,11-17)19-10-14-2-3-15(20)5-16(14)21;;;;;/h2-6,8,15-16,22H,7,9-14H2,1H3;5-8,17-18,22H,9-15H2,1-4H3;3-4,11-12,20H,2,5-10H2,1H3;2-3,5,12-13,19-21H,4,6-11H2,1H3;5*1H4. The molecule has 3 aromatic carbocycles. The van der Waals surface area contributed by atoms with Gasteiger partial charge in [-0.2, -0.15) is 0 Å². The number of benzene rings is 3. The van der Waals surface area contributed by atoms with Crippen LogP contribution in [0.2, 0.25) is 19.6 Å². The van der Waals surface area contributed by atoms with Gasteiger partial charge in [0.1, 0.15) is 11.5 Å². The van der Waals surface area contributed by atoms with Gasteiger partial charge in [-0.15, -0.1) is 22.7 Å². The molecule has 16 saturated carbocycles. The van der Waals surface area contributed by atoms with Gasteiger partial charge in [-0.25, -0.2) is 0 Å². The summed E-state index contributed by atoms with van der Waals surface area (Å²) in [4.78, 5) is 1.51. The minimum atomic E-state index is -1.17. The zero-order valence-corrected chi connectivity index (χ0v) is 59.7. The van der Waals surface area contributed by atoms with Crippen molar-refractivity contribution >= 4 is 61.3 Å². The number of nitrogens with zero attached hydrogens (tertiary/aromatic N) is 1. The van der Waals surface area contributed by atoms with E-state index in [9.17, 15) is 10.2 Å². The first-order chi connectivity index (χ1) is 42.8. The molecule has 16 aliphatic rings. The van der Waals surface area contributed by atoms with Crippen LogP contribution in [0.1, 0.15) is 241 Å². The van der Waals surface area contributed by atoms with Crippen molar-refractivity contribution in [1.29, 1.82) is 0 Å². The number of thiophene rings is 2. The normalized spacial score (nSPS) is 37.0. The molecule has 8 atom stereocenters. The van der Waals surface area contributed by atoms with Gasteiger partial charge in [-0.05, 0) is 263 Å². The largest absolute Gasteiger partial charge is 0.508 e. The van der Waals surface area contributed by atoms with Crippen LogP contribution in [-0.4, -0.2) is 45.6 Å². The quantitative estimate of drug-likeness (QED) is 0.0598. The molecule has 16 bridgehead atoms. The summed E-state index contributed by atoms with van der Waals surface area (Å²) in [5, 5.41) is 42.4. The van der Waals surface area contributed by atoms with Crippen molar-refractivity contribution in [2.24, 2.45) is 69.0 Å². The minimum Gasteiger partial charge on any atom is -0.508 e. The molecule has 16 fully saturated rings. The van der Waals surface area contributed by atoms with Gasteiger partial charge in [0.15, 0.2) is 5.76 Å². The van der Waals surface area contributed by atoms with Gasteiger partial charge in [0, 0.05) is 81.9 Å². The van der Waals surface area contributed by atoms with E-state index in [4.69, 9.17) is 4.52 Å². The Hall–Kier alpha value is -3.33. The highest BCUT2D eigenvalue weighted by molar-refractivity contribution is 9.11. The SMILES string of the molecule is C.C.C.C.C.CC12CC3CC(C1)CC(NCc1cc(-c4ccccc4)on1)(C3)C2.CC12CC3CC(C1)CC(NCc1cc4cc(Br)sc4s1)(C3)C2.CC12CC3CC(C1)CC(NCc1ccc(O)cc1O)(C3)C2.CC12CC3CC(C1)CC(NCc1ccc([Si](C)(C)C)cc1)(C3)C2. The van der Waals surface area contributed by atoms with Gasteiger partial charge in [-0.3, -0.25) is 0 Å². The highest BCUT2D eigenvalue weighted by atomic mass is 79.9. The molecule has 0 aliphatic heterocycles. The molecule has 0 spiro atoms. The van der Waals surface area contributed by atoms with Crippen LogP contribution in [-0.2, 0) is 26.2 Å². The van der Waals surface area contributed by atoms with E-state index in [0.29, 0.717) is 44.8 Å². The van der Waals surface area contributed by atoms with Gasteiger partial charge < -0.3 is 36.0 Å². The van der Waals surface area contributed by atoms with Crippen molar-refractivity contribution in [3.05, 3.63) is 116 Å². The summed E-state index contributed by atoms with van der Waals surface area (Å²) in [7, 11) is -1.17. The number of fused-ring (bicyclic) bond motifs is 1. The fourth-order valence-electron chi connectivity index (χ4n) is 24.7. The molecule has 6 aromatic rings. The Bertz CT molecular complexity index is 3460. The molecule has 524 valence electrons. The average Bonchev–Trinajstić information content (AvgIpc) is 0.940. The fraction of sp³-hybridized carbons (Fsp3) is 0.675. The third-order valence-corrected chi connectivity index (χ3v) is 30.7. The Balaban J connectivity index is 0.000000136. The van der Waals surface area contributed by atoms with Crippen molar-refractivity contribution in [1.82, 2.24) is 26.4 Å². The molecule has 3 heterocycles. The summed E-state index contributed by atoms with van der Waals surface area (Å²) >= 11 is 7.43. The Morgan fingerprint density at radius 1 is 0.484 bits per heavy atom. The van der Waals surface area contributed by atoms with Crippen molar-refractivity contribution in [3.63, 3.8) is 0 Å². The van der Waals surface area contributed by atoms with Crippen molar-refractivity contribution in [3.8, 4) is 22.8 Å². The topological polar surface area (TPSA) is 115 Å². The molecule has 0 amide bonds. The second-order valence-electron chi connectivity index (χ2n) is 35.9. The van der Waals surface area contributed by atoms with E-state index < -0.39 is 8.07 Å². The number of hydrogen-bond donors (Lipinski definition) is 6. The average molecular weight is 1410 g/mol. The maximum absolute atomic E-state index is 9.95. The monoisotopic (exact) mass is 1410 g/mol. The lowest BCUT2D eigenvalue weighted by atomic mass is 9.47. The van der Waals surface area contributed by atoms with Crippen LogP contribution in [0.4, 0.5) is 0 Å². The van der Waals surface area contributed by atoms with E-state index in [1.54, 1.807) is 11.3 Å². The predicted octanol–water partition coefficient (Wildman–Crippen LogP) is 22.4. The molecule has 6 N–H and O–H groups in total. The molecule has 0 saturated heterocycles. The van der Waals surface area contributed by atoms with Crippen molar-refractivity contribution in [2.75, 3.05) is 0 Å². The summed E-state index contributed by atoms with van der Waals surface area (Å²) in [6.07, 6.45) is 34.2. The van der Waals surface area contributed by atoms with Gasteiger partial charge in [0.2, 0.25) is 0 Å². The van der Waals surface area contributed by atoms with Crippen LogP contribution in [0.3, 0.4) is 0 Å². The lowest BCUT2D eigenvalue weighted by Gasteiger charge is -2.61. The molecule has 16 aliphatic carbocycles. The zero-order valence-electron chi connectivity index (χ0n) is 55.5. The van der Waals surface area contributed by atoms with Crippen LogP contribution < -0.4 is 26.5 Å². The van der Waals surface area contributed by atoms with Crippen LogP contribution in [0.15, 0.2) is 99.3 Å². The summed E-state index contributed by atoms with van der Waals surface area (Å²) < 4.78 is 8.26. The Morgan fingerprint density at radius 2 is 0.905 bits per heavy atom. The highest BCUT2D eigenvalue weighted by Crippen LogP contribution is 2.65. The number of phenols is 2. The Kier molecular flexibility index (Phi) is 21.8. The number of hydrogen-bond acceptors (Lipinski definition) is 10. The first kappa shape index (κ1) is 74.4. The first-order valence-corrected chi connectivity index (χ1v) is 41.6. The fourth-order valence-corrected chi connectivity index (χ4v) is 29.1. The lowest BCUT2D eigenvalue weighted by molar-refractivity contribution is -0.0730. The van der Waals surface area contributed by atoms with E-state index >= 15 is 0 Å². The van der Waals surface area contributed by atoms with E-state index in [1.807, 2.05) is 46.9 Å². The Labute approximate surface area is 593 Å². The summed E-state index contributed by atoms with van der Waals surface area (Å²) in [6, 6.07) is 31.3. The second kappa shape index (κ2) is 27.9.